The molecule has 0 aliphatic rings. The minimum absolute atomic E-state index is 0.0846. The number of hydrogen-bond donors (Lipinski definition) is 1. The Balaban J connectivity index is 1.44. The van der Waals surface area contributed by atoms with Crippen molar-refractivity contribution >= 4 is 29.3 Å². The second-order valence-corrected chi connectivity index (χ2v) is 9.20. The fraction of sp³-hybridized carbons (Fsp3) is 0.152. The average molecular weight is 569 g/mol. The Morgan fingerprint density at radius 3 is 2.22 bits per heavy atom. The molecule has 0 saturated carbocycles. The molecule has 0 aliphatic heterocycles. The minimum Gasteiger partial charge on any atom is -0.493 e. The molecular formula is C33H29ClN2O5. The molecule has 0 heterocycles. The molecule has 0 bridgehead atoms. The van der Waals surface area contributed by atoms with Gasteiger partial charge >= 0.3 is 0 Å². The molecule has 4 aromatic rings. The van der Waals surface area contributed by atoms with Crippen molar-refractivity contribution in [2.75, 3.05) is 19.0 Å². The SMILES string of the molecule is CCOc1cc(COc2ccc(/C=C(\C#N)C(=O)Nc3ccccc3Cl)cc2OC)ccc1OCc1ccccc1. The van der Waals surface area contributed by atoms with Crippen molar-refractivity contribution in [3.63, 3.8) is 0 Å². The van der Waals surface area contributed by atoms with E-state index in [4.69, 9.17) is 30.5 Å². The first-order valence-corrected chi connectivity index (χ1v) is 13.3. The summed E-state index contributed by atoms with van der Waals surface area (Å²) in [7, 11) is 1.52. The quantitative estimate of drug-likeness (QED) is 0.141. The average Bonchev–Trinajstić information content (AvgIpc) is 3.00. The third-order valence-electron chi connectivity index (χ3n) is 5.93. The lowest BCUT2D eigenvalue weighted by Crippen LogP contribution is -2.13. The number of anilines is 1. The summed E-state index contributed by atoms with van der Waals surface area (Å²) in [5.41, 5.74) is 2.88. The largest absolute Gasteiger partial charge is 0.493 e. The van der Waals surface area contributed by atoms with Gasteiger partial charge in [-0.1, -0.05) is 66.2 Å². The lowest BCUT2D eigenvalue weighted by molar-refractivity contribution is -0.112. The molecule has 41 heavy (non-hydrogen) atoms. The molecule has 1 amide bonds. The number of nitrogens with zero attached hydrogens (tertiary/aromatic N) is 1. The number of carbonyl (C=O) groups is 1. The molecule has 0 aromatic heterocycles. The van der Waals surface area contributed by atoms with Crippen molar-refractivity contribution in [3.05, 3.63) is 118 Å². The zero-order chi connectivity index (χ0) is 29.0. The number of ether oxygens (including phenoxy) is 4. The highest BCUT2D eigenvalue weighted by Crippen LogP contribution is 2.32. The Bertz CT molecular complexity index is 1560. The van der Waals surface area contributed by atoms with Crippen LogP contribution in [0.4, 0.5) is 5.69 Å². The van der Waals surface area contributed by atoms with E-state index in [0.717, 1.165) is 11.1 Å². The lowest BCUT2D eigenvalue weighted by atomic mass is 10.1. The lowest BCUT2D eigenvalue weighted by Gasteiger charge is -2.15. The Kier molecular flexibility index (Phi) is 10.2. The zero-order valence-corrected chi connectivity index (χ0v) is 23.5. The van der Waals surface area contributed by atoms with Gasteiger partial charge in [0.15, 0.2) is 23.0 Å². The maximum absolute atomic E-state index is 12.7. The van der Waals surface area contributed by atoms with Gasteiger partial charge in [0, 0.05) is 0 Å². The summed E-state index contributed by atoms with van der Waals surface area (Å²) in [6.45, 7) is 3.11. The first kappa shape index (κ1) is 29.1. The smallest absolute Gasteiger partial charge is 0.266 e. The number of para-hydroxylation sites is 1. The van der Waals surface area contributed by atoms with E-state index < -0.39 is 5.91 Å². The van der Waals surface area contributed by atoms with E-state index in [9.17, 15) is 10.1 Å². The van der Waals surface area contributed by atoms with Crippen LogP contribution in [0.15, 0.2) is 96.6 Å². The number of hydrogen-bond acceptors (Lipinski definition) is 6. The maximum Gasteiger partial charge on any atom is 0.266 e. The first-order chi connectivity index (χ1) is 20.0. The van der Waals surface area contributed by atoms with E-state index in [1.54, 1.807) is 42.5 Å². The van der Waals surface area contributed by atoms with Crippen LogP contribution in [-0.2, 0) is 18.0 Å². The normalized spacial score (nSPS) is 10.8. The molecule has 7 nitrogen and oxygen atoms in total. The van der Waals surface area contributed by atoms with Gasteiger partial charge in [0.25, 0.3) is 5.91 Å². The summed E-state index contributed by atoms with van der Waals surface area (Å²) < 4.78 is 23.4. The molecule has 0 unspecified atom stereocenters. The Morgan fingerprint density at radius 1 is 0.829 bits per heavy atom. The second-order valence-electron chi connectivity index (χ2n) is 8.79. The molecule has 208 valence electrons. The van der Waals surface area contributed by atoms with E-state index in [0.29, 0.717) is 52.5 Å². The number of halogens is 1. The van der Waals surface area contributed by atoms with Gasteiger partial charge < -0.3 is 24.3 Å². The van der Waals surface area contributed by atoms with Crippen molar-refractivity contribution in [1.29, 1.82) is 5.26 Å². The second kappa shape index (κ2) is 14.5. The first-order valence-electron chi connectivity index (χ1n) is 12.9. The van der Waals surface area contributed by atoms with Gasteiger partial charge in [-0.15, -0.1) is 0 Å². The van der Waals surface area contributed by atoms with E-state index in [-0.39, 0.29) is 12.2 Å². The number of nitrogens with one attached hydrogen (secondary N) is 1. The van der Waals surface area contributed by atoms with Gasteiger partial charge in [-0.05, 0) is 66.1 Å². The maximum atomic E-state index is 12.7. The Hall–Kier alpha value is -4.93. The van der Waals surface area contributed by atoms with Crippen LogP contribution in [0.25, 0.3) is 6.08 Å². The highest BCUT2D eigenvalue weighted by Gasteiger charge is 2.13. The van der Waals surface area contributed by atoms with Crippen LogP contribution in [0.2, 0.25) is 5.02 Å². The number of amides is 1. The van der Waals surface area contributed by atoms with Crippen LogP contribution in [0.5, 0.6) is 23.0 Å². The van der Waals surface area contributed by atoms with Gasteiger partial charge in [-0.2, -0.15) is 5.26 Å². The van der Waals surface area contributed by atoms with Crippen molar-refractivity contribution < 1.29 is 23.7 Å². The van der Waals surface area contributed by atoms with E-state index >= 15 is 0 Å². The predicted octanol–water partition coefficient (Wildman–Crippen LogP) is 7.45. The minimum atomic E-state index is -0.568. The molecular weight excluding hydrogens is 540 g/mol. The summed E-state index contributed by atoms with van der Waals surface area (Å²) in [5.74, 6) is 1.68. The number of carbonyl (C=O) groups excluding carboxylic acids is 1. The highest BCUT2D eigenvalue weighted by molar-refractivity contribution is 6.34. The zero-order valence-electron chi connectivity index (χ0n) is 22.7. The summed E-state index contributed by atoms with van der Waals surface area (Å²) in [6.07, 6.45) is 1.47. The van der Waals surface area contributed by atoms with Gasteiger partial charge in [0.1, 0.15) is 24.9 Å². The Morgan fingerprint density at radius 2 is 1.51 bits per heavy atom. The molecule has 1 N–H and O–H groups in total. The van der Waals surface area contributed by atoms with Crippen molar-refractivity contribution in [1.82, 2.24) is 0 Å². The van der Waals surface area contributed by atoms with Gasteiger partial charge in [0.05, 0.1) is 24.4 Å². The third-order valence-corrected chi connectivity index (χ3v) is 6.25. The fourth-order valence-corrected chi connectivity index (χ4v) is 4.07. The van der Waals surface area contributed by atoms with Crippen molar-refractivity contribution in [2.24, 2.45) is 0 Å². The Labute approximate surface area is 244 Å². The standard InChI is InChI=1S/C33H29ClN2O5/c1-3-39-32-19-25(14-16-30(32)40-21-23-9-5-4-6-10-23)22-41-29-15-13-24(18-31(29)38-2)17-26(20-35)33(37)36-28-12-8-7-11-27(28)34/h4-19H,3,21-22H2,1-2H3,(H,36,37)/b26-17+. The molecule has 0 spiro atoms. The number of benzene rings is 4. The van der Waals surface area contributed by atoms with E-state index in [2.05, 4.69) is 5.32 Å². The van der Waals surface area contributed by atoms with Crippen LogP contribution in [-0.4, -0.2) is 19.6 Å². The van der Waals surface area contributed by atoms with Gasteiger partial charge in [-0.3, -0.25) is 4.79 Å². The number of nitriles is 1. The van der Waals surface area contributed by atoms with Crippen LogP contribution in [0.3, 0.4) is 0 Å². The summed E-state index contributed by atoms with van der Waals surface area (Å²) in [5, 5.41) is 12.6. The summed E-state index contributed by atoms with van der Waals surface area (Å²) >= 11 is 6.12. The molecule has 0 fully saturated rings. The highest BCUT2D eigenvalue weighted by atomic mass is 35.5. The molecule has 0 saturated heterocycles. The summed E-state index contributed by atoms with van der Waals surface area (Å²) in [4.78, 5) is 12.7. The van der Waals surface area contributed by atoms with Crippen LogP contribution >= 0.6 is 11.6 Å². The molecule has 4 aromatic carbocycles. The molecule has 0 atom stereocenters. The molecule has 0 aliphatic carbocycles. The molecule has 0 radical (unpaired) electrons. The van der Waals surface area contributed by atoms with Crippen molar-refractivity contribution in [2.45, 2.75) is 20.1 Å². The van der Waals surface area contributed by atoms with Crippen molar-refractivity contribution in [3.8, 4) is 29.1 Å². The van der Waals surface area contributed by atoms with Gasteiger partial charge in [0.2, 0.25) is 0 Å². The fourth-order valence-electron chi connectivity index (χ4n) is 3.89. The molecule has 4 rings (SSSR count). The van der Waals surface area contributed by atoms with E-state index in [1.165, 1.54) is 13.2 Å². The number of methoxy groups -OCH3 is 1. The van der Waals surface area contributed by atoms with Crippen LogP contribution in [0.1, 0.15) is 23.6 Å². The number of rotatable bonds is 12. The third kappa shape index (κ3) is 8.04. The van der Waals surface area contributed by atoms with Crippen LogP contribution < -0.4 is 24.3 Å². The topological polar surface area (TPSA) is 89.8 Å². The summed E-state index contributed by atoms with van der Waals surface area (Å²) in [6, 6.07) is 29.5. The van der Waals surface area contributed by atoms with E-state index in [1.807, 2.05) is 61.5 Å². The van der Waals surface area contributed by atoms with Gasteiger partial charge in [-0.25, -0.2) is 0 Å². The molecule has 8 heteroatoms. The predicted molar refractivity (Wildman–Crippen MR) is 159 cm³/mol. The monoisotopic (exact) mass is 568 g/mol. The van der Waals surface area contributed by atoms with Crippen LogP contribution in [0, 0.1) is 11.3 Å².